The average molecular weight is 723 g/mol. The lowest BCUT2D eigenvalue weighted by molar-refractivity contribution is -0.149. The lowest BCUT2D eigenvalue weighted by atomic mass is 10.1. The first-order valence-electron chi connectivity index (χ1n) is 15.3. The van der Waals surface area contributed by atoms with Gasteiger partial charge in [0.1, 0.15) is 36.3 Å². The number of esters is 2. The van der Waals surface area contributed by atoms with Crippen molar-refractivity contribution < 1.29 is 46.8 Å². The maximum absolute atomic E-state index is 14.5. The molecule has 0 radical (unpaired) electrons. The topological polar surface area (TPSA) is 124 Å². The molecule has 0 saturated heterocycles. The Bertz CT molecular complexity index is 2160. The molecule has 0 bridgehead atoms. The number of carbonyl (C=O) groups is 2. The van der Waals surface area contributed by atoms with Crippen molar-refractivity contribution in [1.29, 1.82) is 0 Å². The molecular weight excluding hydrogens is 695 g/mol. The SMILES string of the molecule is O=C(COc1ccc(F)c2c(=O)c3ccccc3sc12)OCCOCCOCCOC(=O)COc1ccc(F)c2c(=O)c3ccccc3sc12. The zero-order valence-corrected chi connectivity index (χ0v) is 27.9. The van der Waals surface area contributed by atoms with E-state index in [1.165, 1.54) is 34.8 Å². The lowest BCUT2D eigenvalue weighted by Crippen LogP contribution is -2.19. The first-order valence-corrected chi connectivity index (χ1v) is 17.0. The molecule has 0 aliphatic rings. The fourth-order valence-corrected chi connectivity index (χ4v) is 7.33. The zero-order chi connectivity index (χ0) is 35.0. The fraction of sp³-hybridized carbons (Fsp3) is 0.222. The second kappa shape index (κ2) is 16.1. The summed E-state index contributed by atoms with van der Waals surface area (Å²) < 4.78 is 63.1. The summed E-state index contributed by atoms with van der Waals surface area (Å²) in [5, 5.41) is 0.635. The van der Waals surface area contributed by atoms with Gasteiger partial charge in [-0.25, -0.2) is 18.4 Å². The molecule has 0 amide bonds. The van der Waals surface area contributed by atoms with Gasteiger partial charge in [0.05, 0.1) is 46.6 Å². The van der Waals surface area contributed by atoms with E-state index in [4.69, 9.17) is 28.4 Å². The van der Waals surface area contributed by atoms with Crippen LogP contribution in [0.2, 0.25) is 0 Å². The predicted molar refractivity (Wildman–Crippen MR) is 186 cm³/mol. The second-order valence-electron chi connectivity index (χ2n) is 10.6. The zero-order valence-electron chi connectivity index (χ0n) is 26.2. The molecule has 0 unspecified atom stereocenters. The van der Waals surface area contributed by atoms with E-state index in [1.807, 2.05) is 0 Å². The van der Waals surface area contributed by atoms with Crippen molar-refractivity contribution in [3.05, 3.63) is 105 Å². The Morgan fingerprint density at radius 3 is 1.38 bits per heavy atom. The van der Waals surface area contributed by atoms with Crippen molar-refractivity contribution in [2.75, 3.05) is 52.9 Å². The molecule has 50 heavy (non-hydrogen) atoms. The fourth-order valence-electron chi connectivity index (χ4n) is 5.02. The van der Waals surface area contributed by atoms with Gasteiger partial charge in [0.25, 0.3) is 0 Å². The van der Waals surface area contributed by atoms with Gasteiger partial charge in [-0.15, -0.1) is 22.7 Å². The number of hydrogen-bond acceptors (Lipinski definition) is 12. The highest BCUT2D eigenvalue weighted by atomic mass is 32.1. The summed E-state index contributed by atoms with van der Waals surface area (Å²) in [7, 11) is 0. The van der Waals surface area contributed by atoms with Gasteiger partial charge in [-0.2, -0.15) is 0 Å². The minimum absolute atomic E-state index is 0.0433. The van der Waals surface area contributed by atoms with Gasteiger partial charge in [-0.1, -0.05) is 24.3 Å². The number of fused-ring (bicyclic) bond motifs is 4. The Kier molecular flexibility index (Phi) is 11.2. The quantitative estimate of drug-likeness (QED) is 0.0709. The van der Waals surface area contributed by atoms with Crippen LogP contribution >= 0.6 is 22.7 Å². The molecule has 0 aliphatic carbocycles. The lowest BCUT2D eigenvalue weighted by Gasteiger charge is -2.11. The first kappa shape index (κ1) is 34.8. The molecule has 10 nitrogen and oxygen atoms in total. The van der Waals surface area contributed by atoms with Crippen LogP contribution in [0.25, 0.3) is 40.3 Å². The maximum atomic E-state index is 14.5. The highest BCUT2D eigenvalue weighted by molar-refractivity contribution is 7.25. The van der Waals surface area contributed by atoms with Crippen LogP contribution in [0.5, 0.6) is 11.5 Å². The molecule has 2 heterocycles. The van der Waals surface area contributed by atoms with Crippen molar-refractivity contribution in [3.63, 3.8) is 0 Å². The van der Waals surface area contributed by atoms with Gasteiger partial charge in [0.2, 0.25) is 0 Å². The van der Waals surface area contributed by atoms with Gasteiger partial charge in [0, 0.05) is 20.2 Å². The highest BCUT2D eigenvalue weighted by Crippen LogP contribution is 2.34. The molecule has 0 spiro atoms. The minimum atomic E-state index is -0.668. The third-order valence-electron chi connectivity index (χ3n) is 7.33. The van der Waals surface area contributed by atoms with Crippen LogP contribution in [0, 0.1) is 11.6 Å². The summed E-state index contributed by atoms with van der Waals surface area (Å²) in [4.78, 5) is 50.0. The second-order valence-corrected chi connectivity index (χ2v) is 12.7. The van der Waals surface area contributed by atoms with Crippen LogP contribution in [0.15, 0.2) is 82.4 Å². The normalized spacial score (nSPS) is 11.3. The van der Waals surface area contributed by atoms with E-state index in [9.17, 15) is 28.0 Å². The highest BCUT2D eigenvalue weighted by Gasteiger charge is 2.17. The van der Waals surface area contributed by atoms with E-state index >= 15 is 0 Å². The molecule has 0 atom stereocenters. The number of ether oxygens (including phenoxy) is 6. The predicted octanol–water partition coefficient (Wildman–Crippen LogP) is 6.00. The Labute approximate surface area is 290 Å². The summed E-state index contributed by atoms with van der Waals surface area (Å²) in [5.41, 5.74) is -0.889. The van der Waals surface area contributed by atoms with Gasteiger partial charge < -0.3 is 28.4 Å². The minimum Gasteiger partial charge on any atom is -0.480 e. The number of rotatable bonds is 15. The van der Waals surface area contributed by atoms with E-state index in [0.29, 0.717) is 29.6 Å². The Hall–Kier alpha value is -5.02. The van der Waals surface area contributed by atoms with Gasteiger partial charge in [0.15, 0.2) is 24.1 Å². The number of carbonyl (C=O) groups excluding carboxylic acids is 2. The summed E-state index contributed by atoms with van der Waals surface area (Å²) in [5.74, 6) is -2.26. The average Bonchev–Trinajstić information content (AvgIpc) is 3.12. The molecule has 0 aliphatic heterocycles. The monoisotopic (exact) mass is 722 g/mol. The Balaban J connectivity index is 0.850. The summed E-state index contributed by atoms with van der Waals surface area (Å²) >= 11 is 2.39. The van der Waals surface area contributed by atoms with E-state index in [-0.39, 0.29) is 61.9 Å². The van der Waals surface area contributed by atoms with E-state index < -0.39 is 47.6 Å². The van der Waals surface area contributed by atoms with Crippen molar-refractivity contribution in [2.24, 2.45) is 0 Å². The summed E-state index contributed by atoms with van der Waals surface area (Å²) in [6.07, 6.45) is 0. The largest absolute Gasteiger partial charge is 0.480 e. The smallest absolute Gasteiger partial charge is 0.344 e. The van der Waals surface area contributed by atoms with Gasteiger partial charge in [-0.3, -0.25) is 9.59 Å². The van der Waals surface area contributed by atoms with Gasteiger partial charge in [-0.05, 0) is 48.5 Å². The Morgan fingerprint density at radius 1 is 0.540 bits per heavy atom. The van der Waals surface area contributed by atoms with Crippen molar-refractivity contribution in [1.82, 2.24) is 0 Å². The summed E-state index contributed by atoms with van der Waals surface area (Å²) in [6, 6.07) is 18.8. The standard InChI is InChI=1S/C36H28F2O10S2/c37-23-9-11-25(35-31(23)33(41)21-5-1-3-7-27(21)49-35)47-19-29(39)45-17-15-43-13-14-44-16-18-46-30(40)20-48-26-12-10-24(38)32-34(42)22-6-2-4-8-28(22)50-36(26)32/h1-12H,13-20H2. The molecule has 4 aromatic carbocycles. The molecule has 258 valence electrons. The van der Waals surface area contributed by atoms with Crippen molar-refractivity contribution >= 4 is 75.0 Å². The van der Waals surface area contributed by atoms with E-state index in [0.717, 1.165) is 12.1 Å². The maximum Gasteiger partial charge on any atom is 0.344 e. The third kappa shape index (κ3) is 7.89. The third-order valence-corrected chi connectivity index (χ3v) is 9.70. The van der Waals surface area contributed by atoms with Crippen LogP contribution in [0.1, 0.15) is 0 Å². The number of halogens is 2. The van der Waals surface area contributed by atoms with E-state index in [1.54, 1.807) is 48.5 Å². The van der Waals surface area contributed by atoms with Crippen LogP contribution in [-0.2, 0) is 28.5 Å². The van der Waals surface area contributed by atoms with Crippen LogP contribution in [0.4, 0.5) is 8.78 Å². The molecule has 0 saturated carbocycles. The summed E-state index contributed by atoms with van der Waals surface area (Å²) in [6.45, 7) is -0.407. The molecule has 0 fully saturated rings. The molecule has 0 N–H and O–H groups in total. The first-order chi connectivity index (χ1) is 24.3. The Morgan fingerprint density at radius 2 is 0.940 bits per heavy atom. The molecule has 6 aromatic rings. The molecule has 2 aromatic heterocycles. The van der Waals surface area contributed by atoms with E-state index in [2.05, 4.69) is 0 Å². The van der Waals surface area contributed by atoms with Crippen molar-refractivity contribution in [3.8, 4) is 11.5 Å². The van der Waals surface area contributed by atoms with Crippen LogP contribution in [-0.4, -0.2) is 64.8 Å². The van der Waals surface area contributed by atoms with Crippen molar-refractivity contribution in [2.45, 2.75) is 0 Å². The number of hydrogen-bond donors (Lipinski definition) is 0. The van der Waals surface area contributed by atoms with Crippen LogP contribution in [0.3, 0.4) is 0 Å². The molecule has 6 rings (SSSR count). The number of benzene rings is 4. The van der Waals surface area contributed by atoms with Crippen LogP contribution < -0.4 is 20.3 Å². The molecular formula is C36H28F2O10S2. The van der Waals surface area contributed by atoms with Gasteiger partial charge >= 0.3 is 11.9 Å². The molecule has 14 heteroatoms.